The smallest absolute Gasteiger partial charge is 0.271 e. The van der Waals surface area contributed by atoms with E-state index in [0.717, 1.165) is 4.68 Å². The molecule has 4 rings (SSSR count). The quantitative estimate of drug-likeness (QED) is 0.379. The van der Waals surface area contributed by atoms with E-state index in [-0.39, 0.29) is 27.9 Å². The average Bonchev–Trinajstić information content (AvgIpc) is 3.22. The van der Waals surface area contributed by atoms with Gasteiger partial charge in [-0.15, -0.1) is 0 Å². The van der Waals surface area contributed by atoms with Gasteiger partial charge < -0.3 is 24.1 Å². The Morgan fingerprint density at radius 1 is 1.00 bits per heavy atom. The maximum atomic E-state index is 13.4. The molecule has 0 atom stereocenters. The highest BCUT2D eigenvalue weighted by molar-refractivity contribution is 7.93. The van der Waals surface area contributed by atoms with Crippen LogP contribution in [-0.4, -0.2) is 51.7 Å². The van der Waals surface area contributed by atoms with E-state index in [1.54, 1.807) is 19.2 Å². The third-order valence-corrected chi connectivity index (χ3v) is 6.37. The van der Waals surface area contributed by atoms with Gasteiger partial charge in [0, 0.05) is 37.5 Å². The molecule has 12 nitrogen and oxygen atoms in total. The molecular weight excluding hydrogens is 466 g/mol. The van der Waals surface area contributed by atoms with E-state index in [0.29, 0.717) is 22.4 Å². The number of nitrogens with one attached hydrogen (secondary N) is 2. The zero-order valence-electron chi connectivity index (χ0n) is 18.6. The van der Waals surface area contributed by atoms with Gasteiger partial charge in [-0.3, -0.25) is 9.52 Å². The van der Waals surface area contributed by atoms with Gasteiger partial charge in [-0.25, -0.2) is 8.42 Å². The third kappa shape index (κ3) is 3.96. The molecule has 2 N–H and O–H groups in total. The maximum absolute atomic E-state index is 13.4. The van der Waals surface area contributed by atoms with E-state index >= 15 is 0 Å². The topological polar surface area (TPSA) is 147 Å². The molecule has 0 fully saturated rings. The maximum Gasteiger partial charge on any atom is 0.271 e. The highest BCUT2D eigenvalue weighted by Crippen LogP contribution is 2.39. The second-order valence-corrected chi connectivity index (χ2v) is 8.51. The van der Waals surface area contributed by atoms with Crippen molar-refractivity contribution < 1.29 is 27.2 Å². The van der Waals surface area contributed by atoms with Gasteiger partial charge in [0.2, 0.25) is 0 Å². The van der Waals surface area contributed by atoms with Crippen molar-refractivity contribution >= 4 is 32.5 Å². The number of aromatic nitrogens is 3. The van der Waals surface area contributed by atoms with E-state index in [1.165, 1.54) is 51.8 Å². The molecule has 0 saturated heterocycles. The summed E-state index contributed by atoms with van der Waals surface area (Å²) >= 11 is 0. The number of ether oxygens (including phenoxy) is 3. The summed E-state index contributed by atoms with van der Waals surface area (Å²) in [6.45, 7) is 0. The summed E-state index contributed by atoms with van der Waals surface area (Å²) in [4.78, 5) is 11.9. The molecule has 0 aliphatic heterocycles. The third-order valence-electron chi connectivity index (χ3n) is 4.97. The fourth-order valence-electron chi connectivity index (χ4n) is 3.39. The summed E-state index contributed by atoms with van der Waals surface area (Å²) in [5, 5.41) is 11.2. The average molecular weight is 487 g/mol. The van der Waals surface area contributed by atoms with Gasteiger partial charge in [-0.2, -0.15) is 9.78 Å². The molecule has 0 aliphatic carbocycles. The number of fused-ring (bicyclic) bond motifs is 1. The zero-order chi connectivity index (χ0) is 24.5. The Bertz CT molecular complexity index is 1500. The summed E-state index contributed by atoms with van der Waals surface area (Å²) in [5.74, 6) is 0.286. The standard InChI is InChI=1S/C21H21N5O7S/c1-22-14-11-15-13(10-16(14)30-2)21(24-33-15)25-34(28,29)20-17(31-3)8-12(9-18(20)32-4)26-19(27)6-5-7-23-26/h5-11,22H,1-4H3,(H,24,25). The first kappa shape index (κ1) is 22.9. The molecule has 0 spiro atoms. The Labute approximate surface area is 194 Å². The summed E-state index contributed by atoms with van der Waals surface area (Å²) in [6, 6.07) is 8.79. The van der Waals surface area contributed by atoms with Gasteiger partial charge in [0.1, 0.15) is 17.2 Å². The molecule has 2 heterocycles. The fourth-order valence-corrected chi connectivity index (χ4v) is 4.70. The van der Waals surface area contributed by atoms with Gasteiger partial charge in [0.05, 0.1) is 38.1 Å². The second-order valence-electron chi connectivity index (χ2n) is 6.89. The number of benzene rings is 2. The number of hydrogen-bond donors (Lipinski definition) is 2. The number of anilines is 2. The Balaban J connectivity index is 1.82. The summed E-state index contributed by atoms with van der Waals surface area (Å²) < 4.78 is 51.6. The van der Waals surface area contributed by atoms with Gasteiger partial charge >= 0.3 is 0 Å². The van der Waals surface area contributed by atoms with Crippen LogP contribution in [0.4, 0.5) is 11.5 Å². The molecule has 0 aliphatic rings. The summed E-state index contributed by atoms with van der Waals surface area (Å²) in [6.07, 6.45) is 1.43. The molecule has 0 unspecified atom stereocenters. The fraction of sp³-hybridized carbons (Fsp3) is 0.190. The first-order valence-electron chi connectivity index (χ1n) is 9.81. The van der Waals surface area contributed by atoms with Crippen molar-refractivity contribution in [3.05, 3.63) is 52.9 Å². The van der Waals surface area contributed by atoms with E-state index in [9.17, 15) is 13.2 Å². The van der Waals surface area contributed by atoms with Gasteiger partial charge in [-0.05, 0) is 12.1 Å². The van der Waals surface area contributed by atoms with Crippen LogP contribution in [0.3, 0.4) is 0 Å². The molecule has 0 amide bonds. The van der Waals surface area contributed by atoms with Crippen LogP contribution in [0.5, 0.6) is 17.2 Å². The van der Waals surface area contributed by atoms with Gasteiger partial charge in [0.15, 0.2) is 16.3 Å². The largest absolute Gasteiger partial charge is 0.495 e. The van der Waals surface area contributed by atoms with Crippen LogP contribution >= 0.6 is 0 Å². The Hall–Kier alpha value is -4.26. The molecule has 2 aromatic carbocycles. The van der Waals surface area contributed by atoms with Crippen molar-refractivity contribution in [1.82, 2.24) is 14.9 Å². The van der Waals surface area contributed by atoms with Crippen molar-refractivity contribution in [3.63, 3.8) is 0 Å². The van der Waals surface area contributed by atoms with Crippen molar-refractivity contribution in [2.75, 3.05) is 38.4 Å². The first-order valence-corrected chi connectivity index (χ1v) is 11.3. The highest BCUT2D eigenvalue weighted by atomic mass is 32.2. The molecule has 13 heteroatoms. The highest BCUT2D eigenvalue weighted by Gasteiger charge is 2.29. The SMILES string of the molecule is CNc1cc2onc(NS(=O)(=O)c3c(OC)cc(-n4ncccc4=O)cc3OC)c2cc1OC. The predicted octanol–water partition coefficient (Wildman–Crippen LogP) is 2.24. The van der Waals surface area contributed by atoms with Crippen LogP contribution < -0.4 is 29.8 Å². The van der Waals surface area contributed by atoms with Crippen LogP contribution in [0, 0.1) is 0 Å². The number of hydrogen-bond acceptors (Lipinski definition) is 10. The van der Waals surface area contributed by atoms with Crippen molar-refractivity contribution in [1.29, 1.82) is 0 Å². The number of sulfonamides is 1. The number of rotatable bonds is 8. The van der Waals surface area contributed by atoms with E-state index < -0.39 is 15.6 Å². The van der Waals surface area contributed by atoms with E-state index in [2.05, 4.69) is 20.3 Å². The van der Waals surface area contributed by atoms with Gasteiger partial charge in [-0.1, -0.05) is 5.16 Å². The van der Waals surface area contributed by atoms with Crippen LogP contribution in [0.1, 0.15) is 0 Å². The molecule has 0 bridgehead atoms. The minimum atomic E-state index is -4.29. The normalized spacial score (nSPS) is 11.3. The summed E-state index contributed by atoms with van der Waals surface area (Å²) in [5.41, 5.74) is 0.828. The molecule has 178 valence electrons. The number of nitrogens with zero attached hydrogens (tertiary/aromatic N) is 3. The second kappa shape index (κ2) is 8.94. The number of methoxy groups -OCH3 is 3. The monoisotopic (exact) mass is 487 g/mol. The lowest BCUT2D eigenvalue weighted by Crippen LogP contribution is -2.20. The minimum absolute atomic E-state index is 0.0509. The molecule has 2 aromatic heterocycles. The van der Waals surface area contributed by atoms with Crippen LogP contribution in [0.15, 0.2) is 56.8 Å². The lowest BCUT2D eigenvalue weighted by molar-refractivity contribution is 0.373. The van der Waals surface area contributed by atoms with Crippen molar-refractivity contribution in [2.45, 2.75) is 4.90 Å². The van der Waals surface area contributed by atoms with Crippen molar-refractivity contribution in [3.8, 4) is 22.9 Å². The zero-order valence-corrected chi connectivity index (χ0v) is 19.5. The molecule has 0 radical (unpaired) electrons. The predicted molar refractivity (Wildman–Crippen MR) is 124 cm³/mol. The lowest BCUT2D eigenvalue weighted by atomic mass is 10.2. The van der Waals surface area contributed by atoms with E-state index in [4.69, 9.17) is 18.7 Å². The Morgan fingerprint density at radius 2 is 1.68 bits per heavy atom. The van der Waals surface area contributed by atoms with Crippen LogP contribution in [-0.2, 0) is 10.0 Å². The molecule has 34 heavy (non-hydrogen) atoms. The molecule has 0 saturated carbocycles. The van der Waals surface area contributed by atoms with Crippen molar-refractivity contribution in [2.24, 2.45) is 0 Å². The molecule has 4 aromatic rings. The lowest BCUT2D eigenvalue weighted by Gasteiger charge is -2.16. The van der Waals surface area contributed by atoms with Gasteiger partial charge in [0.25, 0.3) is 15.6 Å². The molecular formula is C21H21N5O7S. The van der Waals surface area contributed by atoms with Crippen LogP contribution in [0.25, 0.3) is 16.7 Å². The van der Waals surface area contributed by atoms with Crippen LogP contribution in [0.2, 0.25) is 0 Å². The minimum Gasteiger partial charge on any atom is -0.495 e. The van der Waals surface area contributed by atoms with E-state index in [1.807, 2.05) is 0 Å². The summed E-state index contributed by atoms with van der Waals surface area (Å²) in [7, 11) is 1.51. The first-order chi connectivity index (χ1) is 16.3. The Morgan fingerprint density at radius 3 is 2.26 bits per heavy atom. The Kier molecular flexibility index (Phi) is 6.03.